The number of nitro benzene ring substituents is 1. The van der Waals surface area contributed by atoms with Gasteiger partial charge in [-0.15, -0.1) is 0 Å². The third kappa shape index (κ3) is 3.19. The van der Waals surface area contributed by atoms with E-state index in [1.807, 2.05) is 0 Å². The summed E-state index contributed by atoms with van der Waals surface area (Å²) in [5, 5.41) is 10.8. The number of halogens is 1. The standard InChI is InChI=1S/C13H11FN2O3/c14-10-4-5-13(12(7-10)16(17)18)19-8-9-2-1-3-11(15)6-9/h1-7H,8,15H2. The number of hydrogen-bond acceptors (Lipinski definition) is 4. The molecule has 6 heteroatoms. The van der Waals surface area contributed by atoms with Crippen molar-refractivity contribution in [1.82, 2.24) is 0 Å². The molecule has 5 nitrogen and oxygen atoms in total. The molecule has 0 atom stereocenters. The Kier molecular flexibility index (Phi) is 3.61. The summed E-state index contributed by atoms with van der Waals surface area (Å²) in [7, 11) is 0. The van der Waals surface area contributed by atoms with E-state index in [1.54, 1.807) is 24.3 Å². The van der Waals surface area contributed by atoms with Crippen LogP contribution in [0.15, 0.2) is 42.5 Å². The molecule has 0 aromatic heterocycles. The highest BCUT2D eigenvalue weighted by atomic mass is 19.1. The van der Waals surface area contributed by atoms with E-state index in [0.29, 0.717) is 5.69 Å². The maximum Gasteiger partial charge on any atom is 0.313 e. The summed E-state index contributed by atoms with van der Waals surface area (Å²) < 4.78 is 18.3. The van der Waals surface area contributed by atoms with Crippen LogP contribution >= 0.6 is 0 Å². The summed E-state index contributed by atoms with van der Waals surface area (Å²) >= 11 is 0. The first-order valence-electron chi connectivity index (χ1n) is 5.47. The summed E-state index contributed by atoms with van der Waals surface area (Å²) in [6.07, 6.45) is 0. The average molecular weight is 262 g/mol. The molecule has 0 heterocycles. The smallest absolute Gasteiger partial charge is 0.313 e. The zero-order chi connectivity index (χ0) is 13.8. The Balaban J connectivity index is 2.17. The number of nitrogens with two attached hydrogens (primary N) is 1. The van der Waals surface area contributed by atoms with Crippen molar-refractivity contribution in [2.45, 2.75) is 6.61 Å². The molecule has 0 aliphatic carbocycles. The molecule has 0 aliphatic rings. The van der Waals surface area contributed by atoms with E-state index < -0.39 is 16.4 Å². The Morgan fingerprint density at radius 1 is 1.26 bits per heavy atom. The number of ether oxygens (including phenoxy) is 1. The highest BCUT2D eigenvalue weighted by molar-refractivity contribution is 5.46. The summed E-state index contributed by atoms with van der Waals surface area (Å²) in [5.41, 5.74) is 6.57. The lowest BCUT2D eigenvalue weighted by molar-refractivity contribution is -0.386. The molecule has 0 amide bonds. The summed E-state index contributed by atoms with van der Waals surface area (Å²) in [5.74, 6) is -0.656. The zero-order valence-corrected chi connectivity index (χ0v) is 9.88. The Hall–Kier alpha value is -2.63. The molecular weight excluding hydrogens is 251 g/mol. The van der Waals surface area contributed by atoms with Crippen LogP contribution in [-0.2, 0) is 6.61 Å². The summed E-state index contributed by atoms with van der Waals surface area (Å²) in [4.78, 5) is 10.1. The number of rotatable bonds is 4. The van der Waals surface area contributed by atoms with Gasteiger partial charge in [-0.2, -0.15) is 0 Å². The fourth-order valence-corrected chi connectivity index (χ4v) is 1.60. The van der Waals surface area contributed by atoms with Gasteiger partial charge in [0.1, 0.15) is 12.4 Å². The predicted octanol–water partition coefficient (Wildman–Crippen LogP) is 2.90. The largest absolute Gasteiger partial charge is 0.482 e. The van der Waals surface area contributed by atoms with Crippen LogP contribution < -0.4 is 10.5 Å². The molecule has 98 valence electrons. The molecule has 0 unspecified atom stereocenters. The molecule has 2 rings (SSSR count). The highest BCUT2D eigenvalue weighted by Gasteiger charge is 2.16. The third-order valence-electron chi connectivity index (χ3n) is 2.46. The van der Waals surface area contributed by atoms with Crippen molar-refractivity contribution in [3.63, 3.8) is 0 Å². The van der Waals surface area contributed by atoms with Gasteiger partial charge >= 0.3 is 5.69 Å². The van der Waals surface area contributed by atoms with Gasteiger partial charge in [0.25, 0.3) is 0 Å². The number of nitro groups is 1. The molecule has 0 saturated carbocycles. The SMILES string of the molecule is Nc1cccc(COc2ccc(F)cc2[N+](=O)[O-])c1. The van der Waals surface area contributed by atoms with Crippen LogP contribution in [0.1, 0.15) is 5.56 Å². The average Bonchev–Trinajstić information content (AvgIpc) is 2.37. The predicted molar refractivity (Wildman–Crippen MR) is 68.2 cm³/mol. The lowest BCUT2D eigenvalue weighted by atomic mass is 10.2. The van der Waals surface area contributed by atoms with Crippen molar-refractivity contribution < 1.29 is 14.1 Å². The van der Waals surface area contributed by atoms with Gasteiger partial charge in [0.2, 0.25) is 0 Å². The van der Waals surface area contributed by atoms with Crippen molar-refractivity contribution in [2.75, 3.05) is 5.73 Å². The number of benzene rings is 2. The number of anilines is 1. The minimum atomic E-state index is -0.683. The summed E-state index contributed by atoms with van der Waals surface area (Å²) in [6, 6.07) is 10.1. The van der Waals surface area contributed by atoms with Gasteiger partial charge in [0.15, 0.2) is 5.75 Å². The fourth-order valence-electron chi connectivity index (χ4n) is 1.60. The van der Waals surface area contributed by atoms with Gasteiger partial charge in [-0.05, 0) is 29.8 Å². The Morgan fingerprint density at radius 3 is 2.74 bits per heavy atom. The Labute approximate surface area is 108 Å². The zero-order valence-electron chi connectivity index (χ0n) is 9.88. The normalized spacial score (nSPS) is 10.2. The molecule has 2 aromatic carbocycles. The minimum absolute atomic E-state index is 0.0221. The van der Waals surface area contributed by atoms with Gasteiger partial charge in [-0.3, -0.25) is 10.1 Å². The van der Waals surface area contributed by atoms with Gasteiger partial charge in [-0.1, -0.05) is 12.1 Å². The van der Waals surface area contributed by atoms with Gasteiger partial charge in [0.05, 0.1) is 11.0 Å². The molecule has 0 radical (unpaired) electrons. The fraction of sp³-hybridized carbons (Fsp3) is 0.0769. The van der Waals surface area contributed by atoms with E-state index in [1.165, 1.54) is 6.07 Å². The lowest BCUT2D eigenvalue weighted by Crippen LogP contribution is -2.00. The van der Waals surface area contributed by atoms with Crippen LogP contribution in [0.25, 0.3) is 0 Å². The van der Waals surface area contributed by atoms with E-state index in [9.17, 15) is 14.5 Å². The van der Waals surface area contributed by atoms with Crippen LogP contribution in [0.4, 0.5) is 15.8 Å². The first kappa shape index (κ1) is 12.8. The van der Waals surface area contributed by atoms with Crippen LogP contribution in [0.2, 0.25) is 0 Å². The molecule has 0 spiro atoms. The molecular formula is C13H11FN2O3. The lowest BCUT2D eigenvalue weighted by Gasteiger charge is -2.07. The van der Waals surface area contributed by atoms with Gasteiger partial charge in [0, 0.05) is 5.69 Å². The van der Waals surface area contributed by atoms with Crippen molar-refractivity contribution in [3.8, 4) is 5.75 Å². The van der Waals surface area contributed by atoms with E-state index >= 15 is 0 Å². The van der Waals surface area contributed by atoms with Crippen LogP contribution in [0.5, 0.6) is 5.75 Å². The van der Waals surface area contributed by atoms with E-state index in [0.717, 1.165) is 17.7 Å². The van der Waals surface area contributed by atoms with Gasteiger partial charge < -0.3 is 10.5 Å². The Bertz CT molecular complexity index is 617. The monoisotopic (exact) mass is 262 g/mol. The molecule has 0 saturated heterocycles. The first-order chi connectivity index (χ1) is 9.06. The van der Waals surface area contributed by atoms with Crippen LogP contribution in [0, 0.1) is 15.9 Å². The molecule has 19 heavy (non-hydrogen) atoms. The first-order valence-corrected chi connectivity index (χ1v) is 5.47. The minimum Gasteiger partial charge on any atom is -0.482 e. The second-order valence-corrected chi connectivity index (χ2v) is 3.90. The maximum atomic E-state index is 12.9. The van der Waals surface area contributed by atoms with Crippen molar-refractivity contribution in [2.24, 2.45) is 0 Å². The Morgan fingerprint density at radius 2 is 2.05 bits per heavy atom. The van der Waals surface area contributed by atoms with Crippen molar-refractivity contribution >= 4 is 11.4 Å². The van der Waals surface area contributed by atoms with Crippen LogP contribution in [-0.4, -0.2) is 4.92 Å². The van der Waals surface area contributed by atoms with E-state index in [2.05, 4.69) is 0 Å². The molecule has 0 fully saturated rings. The molecule has 0 aliphatic heterocycles. The quantitative estimate of drug-likeness (QED) is 0.522. The molecule has 0 bridgehead atoms. The maximum absolute atomic E-state index is 12.9. The topological polar surface area (TPSA) is 78.4 Å². The third-order valence-corrected chi connectivity index (χ3v) is 2.46. The van der Waals surface area contributed by atoms with Crippen LogP contribution in [0.3, 0.4) is 0 Å². The second-order valence-electron chi connectivity index (χ2n) is 3.90. The number of nitrogen functional groups attached to an aromatic ring is 1. The second kappa shape index (κ2) is 5.34. The summed E-state index contributed by atoms with van der Waals surface area (Å²) in [6.45, 7) is 0.123. The molecule has 2 aromatic rings. The number of nitrogens with zero attached hydrogens (tertiary/aromatic N) is 1. The van der Waals surface area contributed by atoms with E-state index in [4.69, 9.17) is 10.5 Å². The van der Waals surface area contributed by atoms with Crippen molar-refractivity contribution in [3.05, 3.63) is 64.0 Å². The van der Waals surface area contributed by atoms with Crippen molar-refractivity contribution in [1.29, 1.82) is 0 Å². The molecule has 2 N–H and O–H groups in total. The van der Waals surface area contributed by atoms with Gasteiger partial charge in [-0.25, -0.2) is 4.39 Å². The highest BCUT2D eigenvalue weighted by Crippen LogP contribution is 2.28. The number of hydrogen-bond donors (Lipinski definition) is 1. The van der Waals surface area contributed by atoms with E-state index in [-0.39, 0.29) is 12.4 Å².